The van der Waals surface area contributed by atoms with Crippen LogP contribution in [0.1, 0.15) is 18.5 Å². The molecule has 0 aliphatic rings. The van der Waals surface area contributed by atoms with E-state index in [1.54, 1.807) is 16.2 Å². The van der Waals surface area contributed by atoms with Gasteiger partial charge in [-0.3, -0.25) is 14.5 Å². The summed E-state index contributed by atoms with van der Waals surface area (Å²) in [5.74, 6) is 0.456. The van der Waals surface area contributed by atoms with Crippen LogP contribution in [0.25, 0.3) is 16.4 Å². The van der Waals surface area contributed by atoms with Gasteiger partial charge in [0.15, 0.2) is 10.6 Å². The van der Waals surface area contributed by atoms with E-state index in [2.05, 4.69) is 31.0 Å². The second-order valence-corrected chi connectivity index (χ2v) is 7.45. The SMILES string of the molecule is Cc1cc(NC(=O)C(C)n2c(-c3cccs3)n[nH]c2=S)ccc1-n1cnnn1. The largest absolute Gasteiger partial charge is 0.324 e. The molecule has 1 atom stereocenters. The predicted octanol–water partition coefficient (Wildman–Crippen LogP) is 3.15. The monoisotopic (exact) mass is 412 g/mol. The molecule has 4 rings (SSSR count). The van der Waals surface area contributed by atoms with Crippen LogP contribution in [0, 0.1) is 11.7 Å². The fraction of sp³-hybridized carbons (Fsp3) is 0.176. The van der Waals surface area contributed by atoms with Gasteiger partial charge in [0, 0.05) is 5.69 Å². The molecule has 1 aromatic carbocycles. The van der Waals surface area contributed by atoms with Crippen LogP contribution in [0.2, 0.25) is 0 Å². The Bertz CT molecular complexity index is 1160. The van der Waals surface area contributed by atoms with E-state index in [-0.39, 0.29) is 5.91 Å². The number of thiophene rings is 1. The maximum atomic E-state index is 12.9. The van der Waals surface area contributed by atoms with Gasteiger partial charge >= 0.3 is 0 Å². The third-order valence-corrected chi connectivity index (χ3v) is 5.43. The van der Waals surface area contributed by atoms with Gasteiger partial charge in [-0.2, -0.15) is 5.10 Å². The molecule has 3 aromatic heterocycles. The molecule has 0 saturated heterocycles. The molecule has 142 valence electrons. The summed E-state index contributed by atoms with van der Waals surface area (Å²) in [4.78, 5) is 13.8. The first-order valence-electron chi connectivity index (χ1n) is 8.40. The number of benzene rings is 1. The van der Waals surface area contributed by atoms with Crippen LogP contribution in [0.15, 0.2) is 42.0 Å². The van der Waals surface area contributed by atoms with Gasteiger partial charge in [-0.25, -0.2) is 4.68 Å². The molecule has 28 heavy (non-hydrogen) atoms. The van der Waals surface area contributed by atoms with Gasteiger partial charge < -0.3 is 5.32 Å². The summed E-state index contributed by atoms with van der Waals surface area (Å²) in [6.45, 7) is 3.72. The van der Waals surface area contributed by atoms with Gasteiger partial charge in [0.05, 0.1) is 10.6 Å². The van der Waals surface area contributed by atoms with E-state index < -0.39 is 6.04 Å². The number of rotatable bonds is 5. The number of aromatic amines is 1. The van der Waals surface area contributed by atoms with Crippen LogP contribution in [-0.4, -0.2) is 40.9 Å². The first-order chi connectivity index (χ1) is 13.5. The molecule has 0 bridgehead atoms. The van der Waals surface area contributed by atoms with Gasteiger partial charge in [0.2, 0.25) is 5.91 Å². The zero-order valence-corrected chi connectivity index (χ0v) is 16.7. The Labute approximate surface area is 169 Å². The zero-order valence-electron chi connectivity index (χ0n) is 15.0. The number of amides is 1. The number of nitrogens with zero attached hydrogens (tertiary/aromatic N) is 6. The quantitative estimate of drug-likeness (QED) is 0.488. The molecule has 1 unspecified atom stereocenters. The van der Waals surface area contributed by atoms with Crippen LogP contribution in [0.4, 0.5) is 5.69 Å². The van der Waals surface area contributed by atoms with Crippen molar-refractivity contribution in [2.45, 2.75) is 19.9 Å². The van der Waals surface area contributed by atoms with Crippen molar-refractivity contribution in [1.29, 1.82) is 0 Å². The van der Waals surface area contributed by atoms with Crippen molar-refractivity contribution in [2.75, 3.05) is 5.32 Å². The van der Waals surface area contributed by atoms with E-state index in [9.17, 15) is 4.79 Å². The average molecular weight is 413 g/mol. The topological polar surface area (TPSA) is 106 Å². The molecule has 0 fully saturated rings. The average Bonchev–Trinajstić information content (AvgIpc) is 3.43. The first-order valence-corrected chi connectivity index (χ1v) is 9.69. The van der Waals surface area contributed by atoms with Crippen LogP contribution in [-0.2, 0) is 4.79 Å². The van der Waals surface area contributed by atoms with Gasteiger partial charge in [0.1, 0.15) is 12.4 Å². The summed E-state index contributed by atoms with van der Waals surface area (Å²) in [7, 11) is 0. The van der Waals surface area contributed by atoms with E-state index in [4.69, 9.17) is 12.2 Å². The Kier molecular flexibility index (Phi) is 4.84. The van der Waals surface area contributed by atoms with Crippen molar-refractivity contribution < 1.29 is 4.79 Å². The fourth-order valence-corrected chi connectivity index (χ4v) is 3.87. The number of carbonyl (C=O) groups excluding carboxylic acids is 1. The van der Waals surface area contributed by atoms with E-state index in [0.29, 0.717) is 16.3 Å². The van der Waals surface area contributed by atoms with Crippen molar-refractivity contribution in [2.24, 2.45) is 0 Å². The number of hydrogen-bond donors (Lipinski definition) is 2. The lowest BCUT2D eigenvalue weighted by atomic mass is 10.1. The van der Waals surface area contributed by atoms with E-state index in [1.807, 2.05) is 42.6 Å². The number of aromatic nitrogens is 7. The summed E-state index contributed by atoms with van der Waals surface area (Å²) in [6.07, 6.45) is 1.52. The molecule has 1 amide bonds. The minimum Gasteiger partial charge on any atom is -0.324 e. The summed E-state index contributed by atoms with van der Waals surface area (Å²) < 4.78 is 3.69. The molecule has 0 saturated carbocycles. The van der Waals surface area contributed by atoms with Crippen molar-refractivity contribution in [3.8, 4) is 16.4 Å². The highest BCUT2D eigenvalue weighted by Gasteiger charge is 2.21. The maximum absolute atomic E-state index is 12.9. The minimum atomic E-state index is -0.539. The smallest absolute Gasteiger partial charge is 0.247 e. The number of carbonyl (C=O) groups is 1. The Morgan fingerprint density at radius 1 is 1.36 bits per heavy atom. The summed E-state index contributed by atoms with van der Waals surface area (Å²) in [5, 5.41) is 23.1. The van der Waals surface area contributed by atoms with Crippen LogP contribution in [0.5, 0.6) is 0 Å². The number of anilines is 1. The van der Waals surface area contributed by atoms with E-state index in [1.165, 1.54) is 17.7 Å². The minimum absolute atomic E-state index is 0.190. The Morgan fingerprint density at radius 2 is 2.21 bits per heavy atom. The van der Waals surface area contributed by atoms with Gasteiger partial charge in [-0.1, -0.05) is 6.07 Å². The van der Waals surface area contributed by atoms with Crippen molar-refractivity contribution >= 4 is 35.1 Å². The van der Waals surface area contributed by atoms with Gasteiger partial charge in [-0.15, -0.1) is 16.4 Å². The molecule has 0 radical (unpaired) electrons. The lowest BCUT2D eigenvalue weighted by Crippen LogP contribution is -2.24. The lowest BCUT2D eigenvalue weighted by molar-refractivity contribution is -0.118. The maximum Gasteiger partial charge on any atom is 0.247 e. The van der Waals surface area contributed by atoms with Crippen LogP contribution < -0.4 is 5.32 Å². The van der Waals surface area contributed by atoms with Crippen molar-refractivity contribution in [3.05, 3.63) is 52.4 Å². The Hall–Kier alpha value is -3.18. The van der Waals surface area contributed by atoms with Crippen molar-refractivity contribution in [3.63, 3.8) is 0 Å². The first kappa shape index (κ1) is 18.2. The molecular weight excluding hydrogens is 396 g/mol. The standard InChI is InChI=1S/C17H16N8OS2/c1-10-8-12(5-6-13(10)24-9-18-22-23-24)19-16(26)11(2)25-15(20-21-17(25)27)14-4-3-7-28-14/h3-9,11H,1-2H3,(H,19,26)(H,21,27). The molecule has 11 heteroatoms. The summed E-state index contributed by atoms with van der Waals surface area (Å²) >= 11 is 6.88. The molecule has 0 spiro atoms. The predicted molar refractivity (Wildman–Crippen MR) is 108 cm³/mol. The molecule has 0 aliphatic heterocycles. The number of hydrogen-bond acceptors (Lipinski definition) is 7. The molecule has 3 heterocycles. The Balaban J connectivity index is 1.57. The van der Waals surface area contributed by atoms with Crippen LogP contribution >= 0.6 is 23.6 Å². The third-order valence-electron chi connectivity index (χ3n) is 4.27. The molecule has 4 aromatic rings. The highest BCUT2D eigenvalue weighted by molar-refractivity contribution is 7.71. The second-order valence-electron chi connectivity index (χ2n) is 6.12. The van der Waals surface area contributed by atoms with E-state index >= 15 is 0 Å². The molecule has 2 N–H and O–H groups in total. The molecular formula is C17H16N8OS2. The highest BCUT2D eigenvalue weighted by Crippen LogP contribution is 2.26. The normalized spacial score (nSPS) is 12.1. The number of nitrogens with one attached hydrogen (secondary N) is 2. The fourth-order valence-electron chi connectivity index (χ4n) is 2.87. The second kappa shape index (κ2) is 7.44. The molecule has 9 nitrogen and oxygen atoms in total. The summed E-state index contributed by atoms with van der Waals surface area (Å²) in [5.41, 5.74) is 2.45. The number of aryl methyl sites for hydroxylation is 1. The summed E-state index contributed by atoms with van der Waals surface area (Å²) in [6, 6.07) is 8.87. The highest BCUT2D eigenvalue weighted by atomic mass is 32.1. The van der Waals surface area contributed by atoms with Gasteiger partial charge in [0.25, 0.3) is 0 Å². The van der Waals surface area contributed by atoms with E-state index in [0.717, 1.165) is 16.1 Å². The number of H-pyrrole nitrogens is 1. The zero-order chi connectivity index (χ0) is 19.7. The number of tetrazole rings is 1. The third kappa shape index (κ3) is 3.37. The van der Waals surface area contributed by atoms with Gasteiger partial charge in [-0.05, 0) is 71.7 Å². The molecule has 0 aliphatic carbocycles. The van der Waals surface area contributed by atoms with Crippen molar-refractivity contribution in [1.82, 2.24) is 35.0 Å². The van der Waals surface area contributed by atoms with Crippen LogP contribution in [0.3, 0.4) is 0 Å². The lowest BCUT2D eigenvalue weighted by Gasteiger charge is -2.16. The Morgan fingerprint density at radius 3 is 2.89 bits per heavy atom.